The van der Waals surface area contributed by atoms with Gasteiger partial charge in [0.25, 0.3) is 0 Å². The van der Waals surface area contributed by atoms with Crippen molar-refractivity contribution < 1.29 is 9.53 Å². The Bertz CT molecular complexity index is 1290. The van der Waals surface area contributed by atoms with Crippen LogP contribution in [0.2, 0.25) is 10.0 Å². The molecule has 31 heavy (non-hydrogen) atoms. The largest absolute Gasteiger partial charge is 0.497 e. The first-order chi connectivity index (χ1) is 14.9. The predicted molar refractivity (Wildman–Crippen MR) is 126 cm³/mol. The summed E-state index contributed by atoms with van der Waals surface area (Å²) in [4.78, 5) is 12.6. The van der Waals surface area contributed by atoms with Crippen LogP contribution >= 0.6 is 35.0 Å². The lowest BCUT2D eigenvalue weighted by atomic mass is 10.1. The Labute approximate surface area is 193 Å². The van der Waals surface area contributed by atoms with Crippen LogP contribution in [0, 0.1) is 6.92 Å². The number of aryl methyl sites for hydroxylation is 1. The molecule has 1 unspecified atom stereocenters. The van der Waals surface area contributed by atoms with Gasteiger partial charge in [-0.1, -0.05) is 41.0 Å². The van der Waals surface area contributed by atoms with Crippen molar-refractivity contribution >= 4 is 57.4 Å². The summed E-state index contributed by atoms with van der Waals surface area (Å²) >= 11 is 13.4. The van der Waals surface area contributed by atoms with Gasteiger partial charge in [-0.25, -0.2) is 0 Å². The molecule has 1 N–H and O–H groups in total. The zero-order valence-electron chi connectivity index (χ0n) is 17.1. The number of nitrogens with zero attached hydrogens (tertiary/aromatic N) is 3. The van der Waals surface area contributed by atoms with Gasteiger partial charge >= 0.3 is 0 Å². The van der Waals surface area contributed by atoms with Crippen LogP contribution in [0.4, 0.5) is 0 Å². The number of carbonyl (C=O) groups is 1. The lowest BCUT2D eigenvalue weighted by Crippen LogP contribution is -2.28. The number of ether oxygens (including phenoxy) is 1. The number of rotatable bonds is 6. The first kappa shape index (κ1) is 21.7. The van der Waals surface area contributed by atoms with Crippen molar-refractivity contribution in [3.63, 3.8) is 0 Å². The molecule has 1 atom stereocenters. The van der Waals surface area contributed by atoms with Crippen molar-refractivity contribution in [2.24, 2.45) is 0 Å². The highest BCUT2D eigenvalue weighted by molar-refractivity contribution is 7.99. The third kappa shape index (κ3) is 4.44. The zero-order valence-corrected chi connectivity index (χ0v) is 19.5. The maximum atomic E-state index is 12.6. The fourth-order valence-corrected chi connectivity index (χ4v) is 4.47. The normalized spacial score (nSPS) is 12.3. The van der Waals surface area contributed by atoms with Gasteiger partial charge in [0, 0.05) is 11.5 Å². The van der Waals surface area contributed by atoms with Gasteiger partial charge in [0.1, 0.15) is 5.75 Å². The fourth-order valence-electron chi connectivity index (χ4n) is 3.40. The average Bonchev–Trinajstić information content (AvgIpc) is 3.16. The topological polar surface area (TPSA) is 68.5 Å². The molecule has 4 rings (SSSR count). The van der Waals surface area contributed by atoms with E-state index in [-0.39, 0.29) is 17.7 Å². The van der Waals surface area contributed by atoms with Gasteiger partial charge in [-0.05, 0) is 55.3 Å². The average molecular weight is 475 g/mol. The van der Waals surface area contributed by atoms with E-state index in [4.69, 9.17) is 27.9 Å². The van der Waals surface area contributed by atoms with E-state index in [1.165, 1.54) is 11.8 Å². The number of nitrogens with one attached hydrogen (secondary N) is 1. The van der Waals surface area contributed by atoms with Gasteiger partial charge in [-0.3, -0.25) is 9.20 Å². The lowest BCUT2D eigenvalue weighted by molar-refractivity contribution is -0.119. The molecule has 0 saturated carbocycles. The highest BCUT2D eigenvalue weighted by Gasteiger charge is 2.16. The number of hydrogen-bond acceptors (Lipinski definition) is 5. The van der Waals surface area contributed by atoms with Crippen molar-refractivity contribution in [3.8, 4) is 5.75 Å². The molecule has 9 heteroatoms. The number of benzene rings is 2. The molecule has 2 aromatic carbocycles. The van der Waals surface area contributed by atoms with E-state index in [0.717, 1.165) is 33.4 Å². The minimum Gasteiger partial charge on any atom is -0.497 e. The van der Waals surface area contributed by atoms with Crippen LogP contribution in [0.15, 0.2) is 47.6 Å². The van der Waals surface area contributed by atoms with Crippen LogP contribution in [-0.2, 0) is 4.79 Å². The highest BCUT2D eigenvalue weighted by Crippen LogP contribution is 2.29. The molecular weight excluding hydrogens is 455 g/mol. The Balaban J connectivity index is 1.54. The molecule has 0 radical (unpaired) electrons. The van der Waals surface area contributed by atoms with E-state index in [2.05, 4.69) is 15.5 Å². The summed E-state index contributed by atoms with van der Waals surface area (Å²) in [5.74, 6) is 0.831. The SMILES string of the molecule is COc1ccc2c(C)cc3nnc(SCC(=O)NC(C)c4ccc(Cl)c(Cl)c4)n3c2c1. The molecule has 160 valence electrons. The Morgan fingerprint density at radius 1 is 1.16 bits per heavy atom. The van der Waals surface area contributed by atoms with E-state index in [0.29, 0.717) is 15.2 Å². The summed E-state index contributed by atoms with van der Waals surface area (Å²) < 4.78 is 7.33. The molecule has 0 aliphatic heterocycles. The molecular formula is C22H20Cl2N4O2S. The number of halogens is 2. The third-order valence-corrected chi connectivity index (χ3v) is 6.70. The fraction of sp³-hybridized carbons (Fsp3) is 0.227. The summed E-state index contributed by atoms with van der Waals surface area (Å²) in [6, 6.07) is 13.0. The third-order valence-electron chi connectivity index (χ3n) is 5.03. The number of fused-ring (bicyclic) bond motifs is 3. The molecule has 4 aromatic rings. The van der Waals surface area contributed by atoms with E-state index < -0.39 is 0 Å². The zero-order chi connectivity index (χ0) is 22.1. The number of amides is 1. The summed E-state index contributed by atoms with van der Waals surface area (Å²) in [5.41, 5.74) is 3.65. The van der Waals surface area contributed by atoms with Crippen LogP contribution < -0.4 is 10.1 Å². The second-order valence-electron chi connectivity index (χ2n) is 7.14. The van der Waals surface area contributed by atoms with Gasteiger partial charge in [-0.15, -0.1) is 10.2 Å². The van der Waals surface area contributed by atoms with Gasteiger partial charge in [0.2, 0.25) is 5.91 Å². The van der Waals surface area contributed by atoms with E-state index >= 15 is 0 Å². The van der Waals surface area contributed by atoms with Crippen LogP contribution in [0.25, 0.3) is 16.6 Å². The van der Waals surface area contributed by atoms with E-state index in [9.17, 15) is 4.79 Å². The smallest absolute Gasteiger partial charge is 0.230 e. The summed E-state index contributed by atoms with van der Waals surface area (Å²) in [6.07, 6.45) is 0. The molecule has 2 aromatic heterocycles. The number of hydrogen-bond donors (Lipinski definition) is 1. The quantitative estimate of drug-likeness (QED) is 0.375. The van der Waals surface area contributed by atoms with Crippen molar-refractivity contribution in [2.45, 2.75) is 25.0 Å². The van der Waals surface area contributed by atoms with Gasteiger partial charge in [0.05, 0.1) is 34.5 Å². The Morgan fingerprint density at radius 2 is 1.97 bits per heavy atom. The van der Waals surface area contributed by atoms with Gasteiger partial charge < -0.3 is 10.1 Å². The molecule has 0 aliphatic rings. The van der Waals surface area contributed by atoms with Crippen LogP contribution in [0.1, 0.15) is 24.1 Å². The van der Waals surface area contributed by atoms with Crippen molar-refractivity contribution in [1.29, 1.82) is 0 Å². The van der Waals surface area contributed by atoms with Crippen molar-refractivity contribution in [1.82, 2.24) is 19.9 Å². The molecule has 0 fully saturated rings. The highest BCUT2D eigenvalue weighted by atomic mass is 35.5. The number of thioether (sulfide) groups is 1. The minimum atomic E-state index is -0.203. The molecule has 0 saturated heterocycles. The second kappa shape index (κ2) is 8.94. The Morgan fingerprint density at radius 3 is 2.71 bits per heavy atom. The Kier molecular flexibility index (Phi) is 6.27. The predicted octanol–water partition coefficient (Wildman–Crippen LogP) is 5.48. The first-order valence-corrected chi connectivity index (χ1v) is 11.3. The number of pyridine rings is 1. The maximum Gasteiger partial charge on any atom is 0.230 e. The van der Waals surface area contributed by atoms with E-state index in [1.807, 2.05) is 48.6 Å². The number of carbonyl (C=O) groups excluding carboxylic acids is 1. The Hall–Kier alpha value is -2.48. The lowest BCUT2D eigenvalue weighted by Gasteiger charge is -2.15. The molecule has 6 nitrogen and oxygen atoms in total. The maximum absolute atomic E-state index is 12.6. The van der Waals surface area contributed by atoms with Crippen molar-refractivity contribution in [2.75, 3.05) is 12.9 Å². The molecule has 0 spiro atoms. The summed E-state index contributed by atoms with van der Waals surface area (Å²) in [5, 5.41) is 14.2. The van der Waals surface area contributed by atoms with Crippen LogP contribution in [0.5, 0.6) is 5.75 Å². The van der Waals surface area contributed by atoms with Crippen LogP contribution in [-0.4, -0.2) is 33.4 Å². The summed E-state index contributed by atoms with van der Waals surface area (Å²) in [6.45, 7) is 3.94. The molecule has 1 amide bonds. The molecule has 2 heterocycles. The minimum absolute atomic E-state index is 0.116. The summed E-state index contributed by atoms with van der Waals surface area (Å²) in [7, 11) is 1.63. The second-order valence-corrected chi connectivity index (χ2v) is 8.89. The molecule has 0 bridgehead atoms. The number of methoxy groups -OCH3 is 1. The van der Waals surface area contributed by atoms with Gasteiger partial charge in [0.15, 0.2) is 10.8 Å². The monoisotopic (exact) mass is 474 g/mol. The van der Waals surface area contributed by atoms with E-state index in [1.54, 1.807) is 19.2 Å². The standard InChI is InChI=1S/C22H20Cl2N4O2S/c1-12-8-20-26-27-22(28(20)19-10-15(30-3)5-6-16(12)19)31-11-21(29)25-13(2)14-4-7-17(23)18(24)9-14/h4-10,13H,11H2,1-3H3,(H,25,29). The number of aromatic nitrogens is 3. The van der Waals surface area contributed by atoms with Crippen LogP contribution in [0.3, 0.4) is 0 Å². The molecule has 0 aliphatic carbocycles. The first-order valence-electron chi connectivity index (χ1n) is 9.57. The van der Waals surface area contributed by atoms with Crippen molar-refractivity contribution in [3.05, 3.63) is 63.6 Å². The van der Waals surface area contributed by atoms with Gasteiger partial charge in [-0.2, -0.15) is 0 Å².